The lowest BCUT2D eigenvalue weighted by Gasteiger charge is -2.32. The molecular formula is C16H13ClF2O4S. The topological polar surface area (TPSA) is 63.6 Å². The quantitative estimate of drug-likeness (QED) is 0.896. The summed E-state index contributed by atoms with van der Waals surface area (Å²) in [5.41, 5.74) is -0.393. The molecule has 0 fully saturated rings. The Morgan fingerprint density at radius 1 is 1.12 bits per heavy atom. The first-order valence-corrected chi connectivity index (χ1v) is 8.99. The van der Waals surface area contributed by atoms with Gasteiger partial charge in [-0.2, -0.15) is 0 Å². The van der Waals surface area contributed by atoms with Crippen LogP contribution in [-0.4, -0.2) is 26.7 Å². The van der Waals surface area contributed by atoms with Gasteiger partial charge in [0.2, 0.25) is 0 Å². The molecule has 3 rings (SSSR count). The first kappa shape index (κ1) is 17.1. The minimum absolute atomic E-state index is 0.0909. The average Bonchev–Trinajstić information content (AvgIpc) is 2.57. The van der Waals surface area contributed by atoms with Crippen LogP contribution in [0.25, 0.3) is 0 Å². The number of sulfone groups is 1. The van der Waals surface area contributed by atoms with E-state index < -0.39 is 50.6 Å². The van der Waals surface area contributed by atoms with Crippen molar-refractivity contribution in [3.8, 4) is 5.75 Å². The maximum Gasteiger partial charge on any atom is 0.186 e. The van der Waals surface area contributed by atoms with Crippen LogP contribution in [0.4, 0.5) is 8.78 Å². The van der Waals surface area contributed by atoms with Crippen LogP contribution < -0.4 is 4.74 Å². The fourth-order valence-corrected chi connectivity index (χ4v) is 4.94. The molecule has 24 heavy (non-hydrogen) atoms. The smallest absolute Gasteiger partial charge is 0.186 e. The molecule has 0 spiro atoms. The van der Waals surface area contributed by atoms with Crippen molar-refractivity contribution < 1.29 is 27.0 Å². The minimum atomic E-state index is -4.10. The van der Waals surface area contributed by atoms with Crippen LogP contribution in [0.1, 0.15) is 10.8 Å². The molecule has 1 N–H and O–H groups in total. The van der Waals surface area contributed by atoms with E-state index in [2.05, 4.69) is 0 Å². The number of hydrogen-bond acceptors (Lipinski definition) is 4. The van der Waals surface area contributed by atoms with Crippen LogP contribution >= 0.6 is 11.6 Å². The summed E-state index contributed by atoms with van der Waals surface area (Å²) >= 11 is 5.77. The number of hydrogen-bond donors (Lipinski definition) is 1. The summed E-state index contributed by atoms with van der Waals surface area (Å²) in [5.74, 6) is -3.09. The Morgan fingerprint density at radius 3 is 2.38 bits per heavy atom. The third kappa shape index (κ3) is 2.76. The summed E-state index contributed by atoms with van der Waals surface area (Å²) in [6, 6.07) is 7.09. The van der Waals surface area contributed by atoms with E-state index in [0.717, 1.165) is 12.1 Å². The number of aliphatic hydroxyl groups excluding tert-OH is 1. The number of rotatable bonds is 3. The zero-order chi connectivity index (χ0) is 17.5. The third-order valence-corrected chi connectivity index (χ3v) is 6.43. The Balaban J connectivity index is 2.22. The largest absolute Gasteiger partial charge is 0.490 e. The normalized spacial score (nSPS) is 20.3. The van der Waals surface area contributed by atoms with E-state index in [4.69, 9.17) is 16.3 Å². The highest BCUT2D eigenvalue weighted by Gasteiger charge is 2.43. The molecule has 1 aliphatic rings. The zero-order valence-electron chi connectivity index (χ0n) is 12.2. The molecule has 0 saturated carbocycles. The highest BCUT2D eigenvalue weighted by Crippen LogP contribution is 2.45. The van der Waals surface area contributed by atoms with E-state index in [9.17, 15) is 22.3 Å². The van der Waals surface area contributed by atoms with Crippen LogP contribution in [0.15, 0.2) is 41.3 Å². The van der Waals surface area contributed by atoms with Crippen molar-refractivity contribution >= 4 is 21.4 Å². The van der Waals surface area contributed by atoms with Crippen molar-refractivity contribution in [1.82, 2.24) is 0 Å². The van der Waals surface area contributed by atoms with Gasteiger partial charge in [-0.1, -0.05) is 11.6 Å². The van der Waals surface area contributed by atoms with E-state index >= 15 is 0 Å². The number of aliphatic hydroxyl groups is 1. The van der Waals surface area contributed by atoms with E-state index in [1.807, 2.05) is 0 Å². The van der Waals surface area contributed by atoms with Crippen LogP contribution in [0.3, 0.4) is 0 Å². The maximum absolute atomic E-state index is 14.3. The summed E-state index contributed by atoms with van der Waals surface area (Å²) < 4.78 is 59.4. The molecule has 0 unspecified atom stereocenters. The van der Waals surface area contributed by atoms with Gasteiger partial charge in [0.1, 0.15) is 11.1 Å². The number of halogens is 3. The highest BCUT2D eigenvalue weighted by molar-refractivity contribution is 7.91. The van der Waals surface area contributed by atoms with Crippen LogP contribution in [0, 0.1) is 17.6 Å². The van der Waals surface area contributed by atoms with Crippen molar-refractivity contribution in [2.24, 2.45) is 5.92 Å². The molecule has 1 aliphatic heterocycles. The summed E-state index contributed by atoms with van der Waals surface area (Å²) in [7, 11) is -4.10. The molecule has 0 bridgehead atoms. The summed E-state index contributed by atoms with van der Waals surface area (Å²) in [6.45, 7) is -0.783. The van der Waals surface area contributed by atoms with Gasteiger partial charge in [-0.05, 0) is 36.4 Å². The van der Waals surface area contributed by atoms with Crippen LogP contribution in [-0.2, 0) is 9.84 Å². The van der Waals surface area contributed by atoms with Gasteiger partial charge < -0.3 is 9.84 Å². The van der Waals surface area contributed by atoms with Gasteiger partial charge in [-0.3, -0.25) is 0 Å². The van der Waals surface area contributed by atoms with Crippen LogP contribution in [0.5, 0.6) is 5.75 Å². The predicted molar refractivity (Wildman–Crippen MR) is 83.8 cm³/mol. The number of ether oxygens (including phenoxy) is 1. The van der Waals surface area contributed by atoms with Gasteiger partial charge in [0, 0.05) is 10.9 Å². The summed E-state index contributed by atoms with van der Waals surface area (Å²) in [4.78, 5) is -0.0909. The molecule has 0 amide bonds. The van der Waals surface area contributed by atoms with Crippen LogP contribution in [0.2, 0.25) is 5.02 Å². The molecule has 2 atom stereocenters. The Kier molecular flexibility index (Phi) is 4.50. The first-order valence-electron chi connectivity index (χ1n) is 7.07. The Labute approximate surface area is 142 Å². The number of fused-ring (bicyclic) bond motifs is 1. The lowest BCUT2D eigenvalue weighted by atomic mass is 9.96. The molecule has 1 heterocycles. The molecule has 0 aliphatic carbocycles. The standard InChI is InChI=1S/C16H13ClF2O4S/c17-10-1-3-11(4-2-10)24(21,22)16-9(7-20)8-23-15-13(19)6-5-12(18)14(15)16/h1-6,9,16,20H,7-8H2/t9-,16+/m0/s1. The van der Waals surface area contributed by atoms with Gasteiger partial charge in [-0.25, -0.2) is 17.2 Å². The minimum Gasteiger partial charge on any atom is -0.490 e. The predicted octanol–water partition coefficient (Wildman–Crippen LogP) is 3.13. The molecule has 4 nitrogen and oxygen atoms in total. The first-order chi connectivity index (χ1) is 11.4. The molecule has 8 heteroatoms. The van der Waals surface area contributed by atoms with Crippen molar-refractivity contribution in [3.63, 3.8) is 0 Å². The lowest BCUT2D eigenvalue weighted by molar-refractivity contribution is 0.135. The van der Waals surface area contributed by atoms with E-state index in [1.165, 1.54) is 24.3 Å². The second-order valence-corrected chi connectivity index (χ2v) is 7.95. The number of benzene rings is 2. The van der Waals surface area contributed by atoms with E-state index in [1.54, 1.807) is 0 Å². The Hall–Kier alpha value is -1.70. The third-order valence-electron chi connectivity index (χ3n) is 3.96. The zero-order valence-corrected chi connectivity index (χ0v) is 13.8. The maximum atomic E-state index is 14.3. The molecule has 0 aromatic heterocycles. The molecule has 0 saturated heterocycles. The highest BCUT2D eigenvalue weighted by atomic mass is 35.5. The Bertz CT molecular complexity index is 868. The van der Waals surface area contributed by atoms with Gasteiger partial charge in [0.25, 0.3) is 0 Å². The summed E-state index contributed by atoms with van der Waals surface area (Å²) in [5, 5.41) is 8.41. The fourth-order valence-electron chi connectivity index (χ4n) is 2.80. The van der Waals surface area contributed by atoms with Gasteiger partial charge >= 0.3 is 0 Å². The van der Waals surface area contributed by atoms with Crippen molar-refractivity contribution in [2.75, 3.05) is 13.2 Å². The molecule has 2 aromatic carbocycles. The van der Waals surface area contributed by atoms with E-state index in [-0.39, 0.29) is 11.5 Å². The molecule has 0 radical (unpaired) electrons. The lowest BCUT2D eigenvalue weighted by Crippen LogP contribution is -2.34. The fraction of sp³-hybridized carbons (Fsp3) is 0.250. The Morgan fingerprint density at radius 2 is 1.75 bits per heavy atom. The van der Waals surface area contributed by atoms with Crippen molar-refractivity contribution in [1.29, 1.82) is 0 Å². The van der Waals surface area contributed by atoms with Gasteiger partial charge in [-0.15, -0.1) is 0 Å². The van der Waals surface area contributed by atoms with Gasteiger partial charge in [0.15, 0.2) is 21.4 Å². The second kappa shape index (κ2) is 6.31. The average molecular weight is 375 g/mol. The van der Waals surface area contributed by atoms with E-state index in [0.29, 0.717) is 5.02 Å². The monoisotopic (exact) mass is 374 g/mol. The van der Waals surface area contributed by atoms with Crippen molar-refractivity contribution in [2.45, 2.75) is 10.1 Å². The van der Waals surface area contributed by atoms with Gasteiger partial charge in [0.05, 0.1) is 23.7 Å². The molecular weight excluding hydrogens is 362 g/mol. The summed E-state index contributed by atoms with van der Waals surface area (Å²) in [6.07, 6.45) is 0. The van der Waals surface area contributed by atoms with Crippen molar-refractivity contribution in [3.05, 3.63) is 58.6 Å². The molecule has 128 valence electrons. The SMILES string of the molecule is O=S(=O)(c1ccc(Cl)cc1)[C@H]1c2c(F)ccc(F)c2OC[C@@H]1CO. The second-order valence-electron chi connectivity index (χ2n) is 5.45. The molecule has 2 aromatic rings.